The first-order chi connectivity index (χ1) is 14.2. The van der Waals surface area contributed by atoms with E-state index in [-0.39, 0.29) is 24.3 Å². The van der Waals surface area contributed by atoms with Crippen molar-refractivity contribution in [3.8, 4) is 5.75 Å². The Morgan fingerprint density at radius 1 is 1.13 bits per heavy atom. The third-order valence-electron chi connectivity index (χ3n) is 5.45. The van der Waals surface area contributed by atoms with Crippen molar-refractivity contribution in [2.75, 3.05) is 13.2 Å². The fourth-order valence-electron chi connectivity index (χ4n) is 3.78. The molecule has 1 aliphatic heterocycles. The van der Waals surface area contributed by atoms with Crippen LogP contribution in [0.2, 0.25) is 0 Å². The van der Waals surface area contributed by atoms with Gasteiger partial charge in [0.15, 0.2) is 0 Å². The Morgan fingerprint density at radius 2 is 1.87 bits per heavy atom. The number of ether oxygens (including phenoxy) is 1. The Labute approximate surface area is 183 Å². The van der Waals surface area contributed by atoms with E-state index in [1.54, 1.807) is 0 Å². The molecule has 0 radical (unpaired) electrons. The number of benzene rings is 1. The molecule has 2 aromatic rings. The molecule has 0 N–H and O–H groups in total. The van der Waals surface area contributed by atoms with Crippen LogP contribution in [-0.4, -0.2) is 33.8 Å². The topological polar surface area (TPSA) is 51.5 Å². The minimum Gasteiger partial charge on any atom is -0.491 e. The van der Waals surface area contributed by atoms with Crippen molar-refractivity contribution in [2.45, 2.75) is 54.0 Å². The quantitative estimate of drug-likeness (QED) is 0.535. The first-order valence-corrected chi connectivity index (χ1v) is 11.2. The number of carbonyl (C=O) groups is 2. The van der Waals surface area contributed by atoms with Crippen LogP contribution in [-0.2, 0) is 11.3 Å². The molecule has 160 valence electrons. The lowest BCUT2D eigenvalue weighted by atomic mass is 10.0. The van der Waals surface area contributed by atoms with Gasteiger partial charge in [0.2, 0.25) is 0 Å². The average Bonchev–Trinajstić information content (AvgIpc) is 3.10. The van der Waals surface area contributed by atoms with Crippen LogP contribution < -0.4 is 4.74 Å². The second kappa shape index (κ2) is 9.13. The van der Waals surface area contributed by atoms with Crippen LogP contribution in [0.25, 0.3) is 6.08 Å². The van der Waals surface area contributed by atoms with Gasteiger partial charge >= 0.3 is 0 Å². The summed E-state index contributed by atoms with van der Waals surface area (Å²) in [6.45, 7) is 13.8. The summed E-state index contributed by atoms with van der Waals surface area (Å²) in [7, 11) is 0. The number of imide groups is 1. The van der Waals surface area contributed by atoms with Crippen LogP contribution in [0.5, 0.6) is 5.75 Å². The van der Waals surface area contributed by atoms with E-state index in [1.807, 2.05) is 32.9 Å². The van der Waals surface area contributed by atoms with Crippen molar-refractivity contribution in [1.29, 1.82) is 0 Å². The maximum atomic E-state index is 12.8. The zero-order chi connectivity index (χ0) is 22.0. The van der Waals surface area contributed by atoms with Crippen molar-refractivity contribution < 1.29 is 14.3 Å². The third kappa shape index (κ3) is 4.48. The van der Waals surface area contributed by atoms with Gasteiger partial charge in [0.1, 0.15) is 12.4 Å². The van der Waals surface area contributed by atoms with Crippen LogP contribution in [0.1, 0.15) is 54.8 Å². The number of hydrogen-bond acceptors (Lipinski definition) is 4. The second-order valence-electron chi connectivity index (χ2n) is 7.95. The number of aromatic nitrogens is 1. The van der Waals surface area contributed by atoms with E-state index >= 15 is 0 Å². The zero-order valence-electron chi connectivity index (χ0n) is 18.6. The summed E-state index contributed by atoms with van der Waals surface area (Å²) in [5.74, 6) is 0.908. The third-order valence-corrected chi connectivity index (χ3v) is 6.36. The van der Waals surface area contributed by atoms with Gasteiger partial charge in [-0.1, -0.05) is 26.0 Å². The predicted octanol–water partition coefficient (Wildman–Crippen LogP) is 5.67. The number of thioether (sulfide) groups is 1. The van der Waals surface area contributed by atoms with E-state index in [2.05, 4.69) is 43.5 Å². The summed E-state index contributed by atoms with van der Waals surface area (Å²) in [6.07, 6.45) is 1.83. The standard InChI is InChI=1S/C24H30N2O3S/c1-7-25-17(5)13-19(18(25)6)14-22-23(27)26(24(28)30-22)10-11-29-21-12-16(4)8-9-20(21)15(2)3/h8-9,12-15H,7,10-11H2,1-6H3/b22-14-. The van der Waals surface area contributed by atoms with Gasteiger partial charge in [0, 0.05) is 17.9 Å². The molecule has 0 atom stereocenters. The first-order valence-electron chi connectivity index (χ1n) is 10.4. The molecule has 2 amide bonds. The van der Waals surface area contributed by atoms with Gasteiger partial charge in [0.05, 0.1) is 11.4 Å². The lowest BCUT2D eigenvalue weighted by Gasteiger charge is -2.17. The Hall–Kier alpha value is -2.47. The number of aryl methyl sites for hydroxylation is 2. The largest absolute Gasteiger partial charge is 0.491 e. The van der Waals surface area contributed by atoms with E-state index in [0.717, 1.165) is 52.1 Å². The first kappa shape index (κ1) is 22.2. The molecular formula is C24H30N2O3S. The highest BCUT2D eigenvalue weighted by Gasteiger charge is 2.35. The average molecular weight is 427 g/mol. The van der Waals surface area contributed by atoms with E-state index < -0.39 is 0 Å². The molecule has 6 heteroatoms. The van der Waals surface area contributed by atoms with Gasteiger partial charge in [0.25, 0.3) is 11.1 Å². The molecule has 30 heavy (non-hydrogen) atoms. The molecule has 1 aliphatic rings. The number of amides is 2. The molecule has 1 aromatic heterocycles. The van der Waals surface area contributed by atoms with E-state index in [9.17, 15) is 9.59 Å². The SMILES string of the molecule is CCn1c(C)cc(/C=C2\SC(=O)N(CCOc3cc(C)ccc3C(C)C)C2=O)c1C. The normalized spacial score (nSPS) is 15.7. The van der Waals surface area contributed by atoms with E-state index in [4.69, 9.17) is 4.74 Å². The molecule has 1 saturated heterocycles. The summed E-state index contributed by atoms with van der Waals surface area (Å²) in [6, 6.07) is 8.21. The van der Waals surface area contributed by atoms with Crippen molar-refractivity contribution in [3.05, 3.63) is 57.2 Å². The molecule has 0 unspecified atom stereocenters. The van der Waals surface area contributed by atoms with Crippen LogP contribution in [0.3, 0.4) is 0 Å². The molecule has 2 heterocycles. The smallest absolute Gasteiger partial charge is 0.293 e. The van der Waals surface area contributed by atoms with Gasteiger partial charge in [-0.25, -0.2) is 0 Å². The Balaban J connectivity index is 1.70. The Morgan fingerprint density at radius 3 is 2.50 bits per heavy atom. The Bertz CT molecular complexity index is 1000. The molecule has 0 spiro atoms. The van der Waals surface area contributed by atoms with Crippen molar-refractivity contribution >= 4 is 29.0 Å². The number of nitrogens with zero attached hydrogens (tertiary/aromatic N) is 2. The monoisotopic (exact) mass is 426 g/mol. The van der Waals surface area contributed by atoms with Crippen LogP contribution in [0.4, 0.5) is 4.79 Å². The van der Waals surface area contributed by atoms with Crippen molar-refractivity contribution in [1.82, 2.24) is 9.47 Å². The summed E-state index contributed by atoms with van der Waals surface area (Å²) in [4.78, 5) is 27.0. The number of carbonyl (C=O) groups excluding carboxylic acids is 2. The van der Waals surface area contributed by atoms with E-state index in [0.29, 0.717) is 10.8 Å². The summed E-state index contributed by atoms with van der Waals surface area (Å²) < 4.78 is 8.16. The fraction of sp³-hybridized carbons (Fsp3) is 0.417. The maximum Gasteiger partial charge on any atom is 0.293 e. The highest BCUT2D eigenvalue weighted by molar-refractivity contribution is 8.18. The fourth-order valence-corrected chi connectivity index (χ4v) is 4.64. The van der Waals surface area contributed by atoms with Gasteiger partial charge in [-0.3, -0.25) is 14.5 Å². The molecule has 5 nitrogen and oxygen atoms in total. The summed E-state index contributed by atoms with van der Waals surface area (Å²) >= 11 is 0.999. The molecule has 0 saturated carbocycles. The minimum absolute atomic E-state index is 0.238. The van der Waals surface area contributed by atoms with E-state index in [1.165, 1.54) is 4.90 Å². The van der Waals surface area contributed by atoms with Crippen LogP contribution in [0.15, 0.2) is 29.2 Å². The van der Waals surface area contributed by atoms with Gasteiger partial charge in [-0.05, 0) is 80.3 Å². The molecular weight excluding hydrogens is 396 g/mol. The number of rotatable bonds is 7. The Kier molecular flexibility index (Phi) is 6.76. The van der Waals surface area contributed by atoms with Crippen LogP contribution >= 0.6 is 11.8 Å². The highest BCUT2D eigenvalue weighted by atomic mass is 32.2. The minimum atomic E-state index is -0.247. The molecule has 1 aromatic carbocycles. The maximum absolute atomic E-state index is 12.8. The highest BCUT2D eigenvalue weighted by Crippen LogP contribution is 2.33. The lowest BCUT2D eigenvalue weighted by Crippen LogP contribution is -2.32. The van der Waals surface area contributed by atoms with Crippen molar-refractivity contribution in [3.63, 3.8) is 0 Å². The number of hydrogen-bond donors (Lipinski definition) is 0. The summed E-state index contributed by atoms with van der Waals surface area (Å²) in [5, 5.41) is -0.243. The van der Waals surface area contributed by atoms with Gasteiger partial charge < -0.3 is 9.30 Å². The zero-order valence-corrected chi connectivity index (χ0v) is 19.4. The molecule has 1 fully saturated rings. The molecule has 3 rings (SSSR count). The predicted molar refractivity (Wildman–Crippen MR) is 123 cm³/mol. The van der Waals surface area contributed by atoms with Gasteiger partial charge in [-0.15, -0.1) is 0 Å². The lowest BCUT2D eigenvalue weighted by molar-refractivity contribution is -0.123. The van der Waals surface area contributed by atoms with Crippen molar-refractivity contribution in [2.24, 2.45) is 0 Å². The molecule has 0 bridgehead atoms. The van der Waals surface area contributed by atoms with Gasteiger partial charge in [-0.2, -0.15) is 0 Å². The molecule has 0 aliphatic carbocycles. The second-order valence-corrected chi connectivity index (χ2v) is 8.94. The van der Waals surface area contributed by atoms with Crippen LogP contribution in [0, 0.1) is 20.8 Å². The summed E-state index contributed by atoms with van der Waals surface area (Å²) in [5.41, 5.74) is 5.48.